The van der Waals surface area contributed by atoms with Crippen LogP contribution >= 0.6 is 0 Å². The minimum absolute atomic E-state index is 0.0722. The van der Waals surface area contributed by atoms with E-state index in [0.29, 0.717) is 17.1 Å². The van der Waals surface area contributed by atoms with Crippen LogP contribution in [-0.4, -0.2) is 29.6 Å². The van der Waals surface area contributed by atoms with Gasteiger partial charge in [-0.15, -0.1) is 5.10 Å². The SMILES string of the molecule is CC(C)c1cc(-c2nn(C(C)(C)C)c(=O)n2-c2ccc3c(ccn3C)c2)c(OC(C)(C)C)cc1O. The van der Waals surface area contributed by atoms with Crippen LogP contribution in [0.3, 0.4) is 0 Å². The standard InChI is InChI=1S/C28H36N4O3/c1-17(2)20-15-21(24(16-23(20)33)35-28(6,7)8)25-29-32(27(3,4)5)26(34)31(25)19-10-11-22-18(14-19)12-13-30(22)9/h10-17,33H,1-9H3. The second kappa shape index (κ2) is 8.33. The first-order valence-electron chi connectivity index (χ1n) is 12.0. The lowest BCUT2D eigenvalue weighted by molar-refractivity contribution is 0.131. The van der Waals surface area contributed by atoms with Crippen molar-refractivity contribution in [3.63, 3.8) is 0 Å². The number of phenols is 1. The van der Waals surface area contributed by atoms with Crippen molar-refractivity contribution in [2.24, 2.45) is 7.05 Å². The van der Waals surface area contributed by atoms with Gasteiger partial charge in [-0.05, 0) is 83.4 Å². The van der Waals surface area contributed by atoms with E-state index in [1.54, 1.807) is 10.6 Å². The first-order valence-corrected chi connectivity index (χ1v) is 12.0. The summed E-state index contributed by atoms with van der Waals surface area (Å²) in [6.45, 7) is 15.8. The van der Waals surface area contributed by atoms with Gasteiger partial charge in [0.25, 0.3) is 0 Å². The van der Waals surface area contributed by atoms with Gasteiger partial charge in [0.15, 0.2) is 5.82 Å². The molecular weight excluding hydrogens is 440 g/mol. The summed E-state index contributed by atoms with van der Waals surface area (Å²) in [6.07, 6.45) is 2.00. The highest BCUT2D eigenvalue weighted by molar-refractivity contribution is 5.82. The van der Waals surface area contributed by atoms with Crippen LogP contribution in [0.2, 0.25) is 0 Å². The third-order valence-electron chi connectivity index (χ3n) is 5.95. The lowest BCUT2D eigenvalue weighted by atomic mass is 9.98. The van der Waals surface area contributed by atoms with Crippen molar-refractivity contribution in [2.75, 3.05) is 0 Å². The van der Waals surface area contributed by atoms with Crippen molar-refractivity contribution in [2.45, 2.75) is 72.4 Å². The highest BCUT2D eigenvalue weighted by Crippen LogP contribution is 2.40. The molecule has 0 atom stereocenters. The van der Waals surface area contributed by atoms with E-state index in [2.05, 4.69) is 0 Å². The van der Waals surface area contributed by atoms with E-state index in [-0.39, 0.29) is 17.4 Å². The highest BCUT2D eigenvalue weighted by Gasteiger charge is 2.28. The summed E-state index contributed by atoms with van der Waals surface area (Å²) >= 11 is 0. The van der Waals surface area contributed by atoms with E-state index >= 15 is 0 Å². The number of fused-ring (bicyclic) bond motifs is 1. The summed E-state index contributed by atoms with van der Waals surface area (Å²) in [5.41, 5.74) is 1.95. The molecule has 0 saturated heterocycles. The van der Waals surface area contributed by atoms with Gasteiger partial charge in [-0.2, -0.15) is 0 Å². The maximum absolute atomic E-state index is 13.8. The molecule has 2 aromatic heterocycles. The van der Waals surface area contributed by atoms with Gasteiger partial charge >= 0.3 is 5.69 Å². The Hall–Kier alpha value is -3.48. The van der Waals surface area contributed by atoms with Gasteiger partial charge in [0, 0.05) is 30.2 Å². The number of nitrogens with zero attached hydrogens (tertiary/aromatic N) is 4. The van der Waals surface area contributed by atoms with Gasteiger partial charge < -0.3 is 14.4 Å². The van der Waals surface area contributed by atoms with Gasteiger partial charge in [-0.3, -0.25) is 0 Å². The average Bonchev–Trinajstić information content (AvgIpc) is 3.26. The van der Waals surface area contributed by atoms with Gasteiger partial charge in [0.05, 0.1) is 16.8 Å². The van der Waals surface area contributed by atoms with Gasteiger partial charge in [-0.1, -0.05) is 13.8 Å². The second-order valence-corrected chi connectivity index (χ2v) is 11.5. The molecule has 2 aromatic carbocycles. The van der Waals surface area contributed by atoms with Crippen molar-refractivity contribution in [3.05, 3.63) is 58.6 Å². The molecule has 0 aliphatic heterocycles. The van der Waals surface area contributed by atoms with Crippen LogP contribution in [0.25, 0.3) is 28.0 Å². The molecule has 7 nitrogen and oxygen atoms in total. The van der Waals surface area contributed by atoms with Crippen LogP contribution in [0.1, 0.15) is 66.9 Å². The van der Waals surface area contributed by atoms with Gasteiger partial charge in [-0.25, -0.2) is 14.0 Å². The molecule has 1 N–H and O–H groups in total. The molecule has 7 heteroatoms. The molecule has 0 aliphatic carbocycles. The maximum Gasteiger partial charge on any atom is 0.351 e. The minimum Gasteiger partial charge on any atom is -0.508 e. The predicted molar refractivity (Wildman–Crippen MR) is 141 cm³/mol. The normalized spacial score (nSPS) is 12.6. The van der Waals surface area contributed by atoms with Crippen molar-refractivity contribution < 1.29 is 9.84 Å². The number of aryl methyl sites for hydroxylation is 1. The molecule has 186 valence electrons. The first kappa shape index (κ1) is 24.6. The topological polar surface area (TPSA) is 74.2 Å². The molecule has 35 heavy (non-hydrogen) atoms. The average molecular weight is 477 g/mol. The molecular formula is C28H36N4O3. The third kappa shape index (κ3) is 4.59. The molecule has 0 bridgehead atoms. The number of benzene rings is 2. The van der Waals surface area contributed by atoms with E-state index in [1.165, 1.54) is 4.68 Å². The Kier molecular flexibility index (Phi) is 5.86. The number of phenolic OH excluding ortho intramolecular Hbond substituents is 1. The molecule has 0 aliphatic rings. The van der Waals surface area contributed by atoms with E-state index in [4.69, 9.17) is 9.84 Å². The number of rotatable bonds is 4. The lowest BCUT2D eigenvalue weighted by Crippen LogP contribution is -2.35. The van der Waals surface area contributed by atoms with Gasteiger partial charge in [0.2, 0.25) is 0 Å². The van der Waals surface area contributed by atoms with Crippen LogP contribution in [0.15, 0.2) is 47.4 Å². The smallest absolute Gasteiger partial charge is 0.351 e. The lowest BCUT2D eigenvalue weighted by Gasteiger charge is -2.24. The van der Waals surface area contributed by atoms with Crippen molar-refractivity contribution in [1.82, 2.24) is 18.9 Å². The van der Waals surface area contributed by atoms with E-state index < -0.39 is 11.1 Å². The van der Waals surface area contributed by atoms with Crippen LogP contribution in [0.5, 0.6) is 11.5 Å². The first-order chi connectivity index (χ1) is 16.2. The molecule has 0 fully saturated rings. The van der Waals surface area contributed by atoms with Crippen molar-refractivity contribution >= 4 is 10.9 Å². The Morgan fingerprint density at radius 3 is 2.29 bits per heavy atom. The quantitative estimate of drug-likeness (QED) is 0.395. The second-order valence-electron chi connectivity index (χ2n) is 11.5. The molecule has 0 spiro atoms. The van der Waals surface area contributed by atoms with Crippen LogP contribution in [0.4, 0.5) is 0 Å². The van der Waals surface area contributed by atoms with E-state index in [1.807, 2.05) is 104 Å². The number of aromatic hydroxyl groups is 1. The zero-order valence-corrected chi connectivity index (χ0v) is 22.2. The highest BCUT2D eigenvalue weighted by atomic mass is 16.5. The summed E-state index contributed by atoms with van der Waals surface area (Å²) in [5, 5.41) is 16.6. The van der Waals surface area contributed by atoms with E-state index in [9.17, 15) is 9.90 Å². The Bertz CT molecular complexity index is 1460. The Balaban J connectivity index is 2.08. The number of hydrogen-bond acceptors (Lipinski definition) is 4. The van der Waals surface area contributed by atoms with Crippen LogP contribution < -0.4 is 10.4 Å². The fourth-order valence-electron chi connectivity index (χ4n) is 4.26. The summed E-state index contributed by atoms with van der Waals surface area (Å²) < 4.78 is 11.5. The molecule has 4 aromatic rings. The molecule has 4 rings (SSSR count). The summed E-state index contributed by atoms with van der Waals surface area (Å²) in [5.74, 6) is 1.19. The summed E-state index contributed by atoms with van der Waals surface area (Å²) in [6, 6.07) is 11.5. The molecule has 2 heterocycles. The molecule has 0 unspecified atom stereocenters. The van der Waals surface area contributed by atoms with Crippen LogP contribution in [-0.2, 0) is 12.6 Å². The molecule has 0 radical (unpaired) electrons. The Morgan fingerprint density at radius 1 is 1.00 bits per heavy atom. The molecule has 0 saturated carbocycles. The number of aromatic nitrogens is 4. The maximum atomic E-state index is 13.8. The zero-order valence-electron chi connectivity index (χ0n) is 22.2. The monoisotopic (exact) mass is 476 g/mol. The summed E-state index contributed by atoms with van der Waals surface area (Å²) in [7, 11) is 2.00. The van der Waals surface area contributed by atoms with Crippen LogP contribution in [0, 0.1) is 0 Å². The van der Waals surface area contributed by atoms with Crippen molar-refractivity contribution in [3.8, 4) is 28.6 Å². The van der Waals surface area contributed by atoms with E-state index in [0.717, 1.165) is 22.2 Å². The Morgan fingerprint density at radius 2 is 1.69 bits per heavy atom. The summed E-state index contributed by atoms with van der Waals surface area (Å²) in [4.78, 5) is 13.8. The fraction of sp³-hybridized carbons (Fsp3) is 0.429. The fourth-order valence-corrected chi connectivity index (χ4v) is 4.26. The largest absolute Gasteiger partial charge is 0.508 e. The van der Waals surface area contributed by atoms with Gasteiger partial charge in [0.1, 0.15) is 17.1 Å². The number of ether oxygens (including phenoxy) is 1. The molecule has 0 amide bonds. The van der Waals surface area contributed by atoms with Crippen molar-refractivity contribution in [1.29, 1.82) is 0 Å². The zero-order chi connectivity index (χ0) is 25.9. The third-order valence-corrected chi connectivity index (χ3v) is 5.95. The Labute approximate surface area is 206 Å². The minimum atomic E-state index is -0.531. The number of hydrogen-bond donors (Lipinski definition) is 1. The predicted octanol–water partition coefficient (Wildman–Crippen LogP) is 5.95.